The number of likely N-dealkylation sites (tertiary alicyclic amines) is 1. The smallest absolute Gasteiger partial charge is 0.411 e. The second-order valence-electron chi connectivity index (χ2n) is 13.0. The van der Waals surface area contributed by atoms with Crippen LogP contribution in [0.5, 0.6) is 0 Å². The second-order valence-corrected chi connectivity index (χ2v) is 13.0. The second kappa shape index (κ2) is 14.6. The first-order chi connectivity index (χ1) is 20.1. The lowest BCUT2D eigenvalue weighted by Gasteiger charge is -2.37. The van der Waals surface area contributed by atoms with Crippen LogP contribution in [0.15, 0.2) is 30.3 Å². The maximum Gasteiger partial charge on any atom is 0.411 e. The number of carbonyl (C=O) groups is 5. The molecule has 0 saturated carbocycles. The number of hydrogen-bond acceptors (Lipinski definition) is 7. The Labute approximate surface area is 254 Å². The van der Waals surface area contributed by atoms with Crippen molar-refractivity contribution in [1.82, 2.24) is 25.3 Å². The molecular weight excluding hydrogens is 554 g/mol. The van der Waals surface area contributed by atoms with Gasteiger partial charge in [-0.2, -0.15) is 0 Å². The van der Waals surface area contributed by atoms with Crippen molar-refractivity contribution in [2.75, 3.05) is 39.3 Å². The molecule has 2 atom stereocenters. The van der Waals surface area contributed by atoms with Crippen LogP contribution in [0.2, 0.25) is 0 Å². The molecule has 2 aliphatic rings. The van der Waals surface area contributed by atoms with Crippen molar-refractivity contribution in [2.24, 2.45) is 0 Å². The number of nitrogens with zero attached hydrogens (tertiary/aromatic N) is 3. The minimum Gasteiger partial charge on any atom is -0.444 e. The van der Waals surface area contributed by atoms with E-state index < -0.39 is 41.4 Å². The van der Waals surface area contributed by atoms with E-state index >= 15 is 0 Å². The summed E-state index contributed by atoms with van der Waals surface area (Å²) in [7, 11) is 0. The van der Waals surface area contributed by atoms with Gasteiger partial charge in [0.2, 0.25) is 17.7 Å². The largest absolute Gasteiger partial charge is 0.444 e. The highest BCUT2D eigenvalue weighted by Gasteiger charge is 2.44. The number of nitrogens with one attached hydrogen (secondary N) is 2. The summed E-state index contributed by atoms with van der Waals surface area (Å²) in [4.78, 5) is 68.8. The van der Waals surface area contributed by atoms with Gasteiger partial charge in [0, 0.05) is 45.2 Å². The van der Waals surface area contributed by atoms with Gasteiger partial charge >= 0.3 is 12.2 Å². The van der Waals surface area contributed by atoms with Crippen molar-refractivity contribution < 1.29 is 33.4 Å². The van der Waals surface area contributed by atoms with E-state index in [9.17, 15) is 24.0 Å². The minimum atomic E-state index is -0.827. The first-order valence-electron chi connectivity index (χ1n) is 15.0. The van der Waals surface area contributed by atoms with Gasteiger partial charge in [0.05, 0.1) is 0 Å². The zero-order valence-electron chi connectivity index (χ0n) is 26.3. The average Bonchev–Trinajstić information content (AvgIpc) is 3.34. The third-order valence-corrected chi connectivity index (χ3v) is 7.01. The Morgan fingerprint density at radius 3 is 2.07 bits per heavy atom. The topological polar surface area (TPSA) is 138 Å². The molecule has 1 aromatic rings. The molecule has 0 aromatic heterocycles. The highest BCUT2D eigenvalue weighted by molar-refractivity contribution is 5.88. The molecule has 43 heavy (non-hydrogen) atoms. The first-order valence-corrected chi connectivity index (χ1v) is 15.0. The van der Waals surface area contributed by atoms with Crippen LogP contribution in [0.3, 0.4) is 0 Å². The van der Waals surface area contributed by atoms with E-state index in [-0.39, 0.29) is 31.3 Å². The molecule has 12 nitrogen and oxygen atoms in total. The first kappa shape index (κ1) is 33.7. The van der Waals surface area contributed by atoms with Crippen molar-refractivity contribution in [3.05, 3.63) is 35.9 Å². The SMILES string of the molecule is CC(C)(C)OC(=O)NCC(=O)NC1C[C@H](C(=O)N2CCN(C(=O)CCCc3ccccc3)CC2)N(C(=O)OC(C)(C)C)C1. The molecule has 5 amide bonds. The molecule has 0 bridgehead atoms. The van der Waals surface area contributed by atoms with Gasteiger partial charge in [-0.15, -0.1) is 0 Å². The lowest BCUT2D eigenvalue weighted by atomic mass is 10.1. The number of aryl methyl sites for hydroxylation is 1. The van der Waals surface area contributed by atoms with Crippen LogP contribution in [0, 0.1) is 0 Å². The quantitative estimate of drug-likeness (QED) is 0.467. The number of rotatable bonds is 8. The van der Waals surface area contributed by atoms with Gasteiger partial charge in [-0.3, -0.25) is 19.3 Å². The number of hydrogen-bond donors (Lipinski definition) is 2. The monoisotopic (exact) mass is 601 g/mol. The van der Waals surface area contributed by atoms with E-state index in [4.69, 9.17) is 9.47 Å². The van der Waals surface area contributed by atoms with Crippen LogP contribution in [0.4, 0.5) is 9.59 Å². The number of piperazine rings is 1. The molecule has 2 N–H and O–H groups in total. The summed E-state index contributed by atoms with van der Waals surface area (Å²) in [5.41, 5.74) is -0.268. The Morgan fingerprint density at radius 2 is 1.47 bits per heavy atom. The molecular formula is C31H47N5O7. The van der Waals surface area contributed by atoms with E-state index in [0.717, 1.165) is 12.8 Å². The van der Waals surface area contributed by atoms with Crippen molar-refractivity contribution in [3.8, 4) is 0 Å². The van der Waals surface area contributed by atoms with E-state index in [2.05, 4.69) is 22.8 Å². The molecule has 1 unspecified atom stereocenters. The zero-order chi connectivity index (χ0) is 31.8. The molecule has 3 rings (SSSR count). The summed E-state index contributed by atoms with van der Waals surface area (Å²) < 4.78 is 10.7. The molecule has 238 valence electrons. The van der Waals surface area contributed by atoms with Crippen LogP contribution < -0.4 is 10.6 Å². The summed E-state index contributed by atoms with van der Waals surface area (Å²) in [6, 6.07) is 8.71. The Hall–Kier alpha value is -3.83. The van der Waals surface area contributed by atoms with Crippen molar-refractivity contribution in [2.45, 2.75) is 90.5 Å². The highest BCUT2D eigenvalue weighted by Crippen LogP contribution is 2.24. The summed E-state index contributed by atoms with van der Waals surface area (Å²) in [6.07, 6.45) is 0.891. The third kappa shape index (κ3) is 11.1. The molecule has 0 aliphatic carbocycles. The number of ether oxygens (including phenoxy) is 2. The predicted molar refractivity (Wildman–Crippen MR) is 160 cm³/mol. The van der Waals surface area contributed by atoms with Crippen LogP contribution >= 0.6 is 0 Å². The fourth-order valence-electron chi connectivity index (χ4n) is 5.08. The summed E-state index contributed by atoms with van der Waals surface area (Å²) >= 11 is 0. The van der Waals surface area contributed by atoms with Crippen LogP contribution in [0.25, 0.3) is 0 Å². The maximum absolute atomic E-state index is 13.7. The van der Waals surface area contributed by atoms with Gasteiger partial charge in [-0.25, -0.2) is 9.59 Å². The molecule has 0 radical (unpaired) electrons. The molecule has 1 aromatic carbocycles. The molecule has 2 saturated heterocycles. The Kier molecular flexibility index (Phi) is 11.4. The Balaban J connectivity index is 1.54. The fraction of sp³-hybridized carbons (Fsp3) is 0.645. The van der Waals surface area contributed by atoms with Gasteiger partial charge in [-0.1, -0.05) is 30.3 Å². The number of alkyl carbamates (subject to hydrolysis) is 1. The summed E-state index contributed by atoms with van der Waals surface area (Å²) in [5.74, 6) is -0.639. The molecule has 0 spiro atoms. The van der Waals surface area contributed by atoms with Gasteiger partial charge in [0.15, 0.2) is 0 Å². The Morgan fingerprint density at radius 1 is 0.860 bits per heavy atom. The van der Waals surface area contributed by atoms with Crippen molar-refractivity contribution >= 4 is 29.9 Å². The van der Waals surface area contributed by atoms with E-state index in [1.54, 1.807) is 51.3 Å². The highest BCUT2D eigenvalue weighted by atomic mass is 16.6. The fourth-order valence-corrected chi connectivity index (χ4v) is 5.08. The normalized spacial score (nSPS) is 19.1. The molecule has 12 heteroatoms. The van der Waals surface area contributed by atoms with Crippen LogP contribution in [-0.4, -0.2) is 107 Å². The third-order valence-electron chi connectivity index (χ3n) is 7.01. The summed E-state index contributed by atoms with van der Waals surface area (Å²) in [5, 5.41) is 5.22. The summed E-state index contributed by atoms with van der Waals surface area (Å²) in [6.45, 7) is 11.7. The molecule has 2 aliphatic heterocycles. The van der Waals surface area contributed by atoms with Crippen LogP contribution in [0.1, 0.15) is 66.4 Å². The molecule has 2 fully saturated rings. The van der Waals surface area contributed by atoms with Gasteiger partial charge in [0.25, 0.3) is 0 Å². The molecule has 2 heterocycles. The van der Waals surface area contributed by atoms with Crippen molar-refractivity contribution in [3.63, 3.8) is 0 Å². The average molecular weight is 602 g/mol. The maximum atomic E-state index is 13.7. The van der Waals surface area contributed by atoms with Gasteiger partial charge in [-0.05, 0) is 66.4 Å². The zero-order valence-corrected chi connectivity index (χ0v) is 26.3. The standard InChI is InChI=1S/C31H47N5O7/c1-30(2,3)42-28(40)32-20-25(37)33-23-19-24(36(21-23)29(41)43-31(4,5)6)27(39)35-17-15-34(16-18-35)26(38)14-10-13-22-11-8-7-9-12-22/h7-9,11-12,23-24H,10,13-21H2,1-6H3,(H,32,40)(H,33,37)/t23?,24-/m1/s1. The minimum absolute atomic E-state index is 0.0713. The number of benzene rings is 1. The number of amides is 5. The van der Waals surface area contributed by atoms with Crippen molar-refractivity contribution in [1.29, 1.82) is 0 Å². The van der Waals surface area contributed by atoms with E-state index in [0.29, 0.717) is 32.6 Å². The lowest BCUT2D eigenvalue weighted by molar-refractivity contribution is -0.142. The Bertz CT molecular complexity index is 1140. The van der Waals surface area contributed by atoms with Gasteiger partial charge < -0.3 is 29.9 Å². The van der Waals surface area contributed by atoms with E-state index in [1.165, 1.54) is 10.5 Å². The lowest BCUT2D eigenvalue weighted by Crippen LogP contribution is -2.55. The van der Waals surface area contributed by atoms with Gasteiger partial charge in [0.1, 0.15) is 23.8 Å². The predicted octanol–water partition coefficient (Wildman–Crippen LogP) is 2.70. The van der Waals surface area contributed by atoms with Crippen LogP contribution in [-0.2, 0) is 30.3 Å². The van der Waals surface area contributed by atoms with E-state index in [1.807, 2.05) is 18.2 Å². The number of carbonyl (C=O) groups excluding carboxylic acids is 5.